The molecule has 122 valence electrons. The van der Waals surface area contributed by atoms with Crippen LogP contribution < -0.4 is 22.8 Å². The second kappa shape index (κ2) is 6.89. The highest BCUT2D eigenvalue weighted by Crippen LogP contribution is 2.35. The van der Waals surface area contributed by atoms with E-state index in [-0.39, 0.29) is 4.75 Å². The van der Waals surface area contributed by atoms with Crippen LogP contribution in [0, 0.1) is 0 Å². The van der Waals surface area contributed by atoms with Crippen LogP contribution in [0.15, 0.2) is 46.7 Å². The summed E-state index contributed by atoms with van der Waals surface area (Å²) in [5.41, 5.74) is 17.5. The predicted octanol–water partition coefficient (Wildman–Crippen LogP) is 2.30. The maximum atomic E-state index is 6.17. The van der Waals surface area contributed by atoms with Gasteiger partial charge < -0.3 is 11.5 Å². The lowest BCUT2D eigenvalue weighted by Gasteiger charge is -2.18. The van der Waals surface area contributed by atoms with Crippen LogP contribution in [0.4, 0.5) is 5.69 Å². The molecule has 6 nitrogen and oxygen atoms in total. The number of amidine groups is 1. The fraction of sp³-hybridized carbons (Fsp3) is 0.250. The van der Waals surface area contributed by atoms with Crippen molar-refractivity contribution in [1.29, 1.82) is 0 Å². The summed E-state index contributed by atoms with van der Waals surface area (Å²) in [7, 11) is 0. The van der Waals surface area contributed by atoms with Crippen LogP contribution >= 0.6 is 11.8 Å². The standard InChI is InChI=1S/C16H22N6S/c1-16(2,3)23-15-13(17)8-10(9-20-15)11-6-4-5-7-12(11)14(18)21-22-19/h4-9,22H,17,19H2,1-3H3,(H2,18,21). The summed E-state index contributed by atoms with van der Waals surface area (Å²) in [6.07, 6.45) is 1.80. The van der Waals surface area contributed by atoms with Crippen molar-refractivity contribution in [2.24, 2.45) is 16.7 Å². The number of pyridine rings is 1. The van der Waals surface area contributed by atoms with Crippen LogP contribution in [0.5, 0.6) is 0 Å². The minimum Gasteiger partial charge on any atom is -0.397 e. The lowest BCUT2D eigenvalue weighted by molar-refractivity contribution is 0.800. The zero-order chi connectivity index (χ0) is 17.0. The fourth-order valence-electron chi connectivity index (χ4n) is 2.08. The maximum absolute atomic E-state index is 6.17. The Bertz CT molecular complexity index is 721. The molecule has 2 aromatic rings. The topological polar surface area (TPSA) is 115 Å². The molecule has 7 heteroatoms. The Morgan fingerprint density at radius 1 is 1.26 bits per heavy atom. The first-order valence-corrected chi connectivity index (χ1v) is 7.96. The molecule has 0 atom stereocenters. The summed E-state index contributed by atoms with van der Waals surface area (Å²) in [4.78, 5) is 4.50. The van der Waals surface area contributed by atoms with Gasteiger partial charge in [-0.3, -0.25) is 0 Å². The smallest absolute Gasteiger partial charge is 0.152 e. The molecule has 0 saturated heterocycles. The van der Waals surface area contributed by atoms with Crippen LogP contribution in [0.25, 0.3) is 11.1 Å². The molecular formula is C16H22N6S. The Balaban J connectivity index is 2.44. The van der Waals surface area contributed by atoms with Crippen LogP contribution in [0.2, 0.25) is 0 Å². The summed E-state index contributed by atoms with van der Waals surface area (Å²) in [5, 5.41) is 4.66. The van der Waals surface area contributed by atoms with E-state index in [1.807, 2.05) is 30.3 Å². The Morgan fingerprint density at radius 3 is 2.57 bits per heavy atom. The van der Waals surface area contributed by atoms with Gasteiger partial charge >= 0.3 is 0 Å². The monoisotopic (exact) mass is 330 g/mol. The highest BCUT2D eigenvalue weighted by molar-refractivity contribution is 8.00. The maximum Gasteiger partial charge on any atom is 0.152 e. The number of thioether (sulfide) groups is 1. The number of hydrogen-bond acceptors (Lipinski definition) is 6. The molecule has 23 heavy (non-hydrogen) atoms. The lowest BCUT2D eigenvalue weighted by Crippen LogP contribution is -2.23. The van der Waals surface area contributed by atoms with Gasteiger partial charge in [-0.2, -0.15) is 0 Å². The molecular weight excluding hydrogens is 308 g/mol. The second-order valence-corrected chi connectivity index (χ2v) is 7.82. The summed E-state index contributed by atoms with van der Waals surface area (Å²) < 4.78 is 0.0461. The Kier molecular flexibility index (Phi) is 5.12. The summed E-state index contributed by atoms with van der Waals surface area (Å²) in [6, 6.07) is 9.54. The molecule has 1 aromatic carbocycles. The lowest BCUT2D eigenvalue weighted by atomic mass is 10.0. The molecule has 0 bridgehead atoms. The first-order valence-electron chi connectivity index (χ1n) is 7.15. The van der Waals surface area contributed by atoms with Crippen molar-refractivity contribution in [3.8, 4) is 11.1 Å². The van der Waals surface area contributed by atoms with E-state index in [9.17, 15) is 0 Å². The number of hydrogen-bond donors (Lipinski definition) is 4. The second-order valence-electron chi connectivity index (χ2n) is 6.00. The number of nitrogen functional groups attached to an aromatic ring is 1. The van der Waals surface area contributed by atoms with Crippen LogP contribution in [0.3, 0.4) is 0 Å². The van der Waals surface area contributed by atoms with Gasteiger partial charge in [-0.05, 0) is 11.6 Å². The largest absolute Gasteiger partial charge is 0.397 e. The molecule has 0 spiro atoms. The van der Waals surface area contributed by atoms with E-state index in [4.69, 9.17) is 17.3 Å². The van der Waals surface area contributed by atoms with Crippen molar-refractivity contribution in [2.45, 2.75) is 30.5 Å². The van der Waals surface area contributed by atoms with E-state index < -0.39 is 0 Å². The molecule has 0 amide bonds. The SMILES string of the molecule is CC(C)(C)Sc1ncc(-c2ccccc2/C(N)=N/NN)cc1N. The number of benzene rings is 1. The Morgan fingerprint density at radius 2 is 1.96 bits per heavy atom. The average molecular weight is 330 g/mol. The van der Waals surface area contributed by atoms with Crippen LogP contribution in [0.1, 0.15) is 26.3 Å². The Labute approximate surface area is 140 Å². The number of hydrazine groups is 1. The van der Waals surface area contributed by atoms with Crippen molar-refractivity contribution in [3.05, 3.63) is 42.1 Å². The van der Waals surface area contributed by atoms with Gasteiger partial charge in [0.2, 0.25) is 0 Å². The van der Waals surface area contributed by atoms with Gasteiger partial charge in [0, 0.05) is 22.1 Å². The van der Waals surface area contributed by atoms with Crippen molar-refractivity contribution in [1.82, 2.24) is 10.5 Å². The van der Waals surface area contributed by atoms with E-state index in [1.165, 1.54) is 0 Å². The quantitative estimate of drug-likeness (QED) is 0.225. The number of hydrazone groups is 1. The van der Waals surface area contributed by atoms with Gasteiger partial charge in [-0.15, -0.1) is 5.10 Å². The third kappa shape index (κ3) is 4.37. The molecule has 1 heterocycles. The number of nitrogens with one attached hydrogen (secondary N) is 1. The van der Waals surface area contributed by atoms with Crippen molar-refractivity contribution in [3.63, 3.8) is 0 Å². The van der Waals surface area contributed by atoms with Crippen molar-refractivity contribution >= 4 is 23.3 Å². The third-order valence-electron chi connectivity index (χ3n) is 2.98. The molecule has 0 radical (unpaired) electrons. The van der Waals surface area contributed by atoms with Crippen molar-refractivity contribution < 1.29 is 0 Å². The number of aromatic nitrogens is 1. The number of anilines is 1. The van der Waals surface area contributed by atoms with Gasteiger partial charge in [-0.1, -0.05) is 56.8 Å². The predicted molar refractivity (Wildman–Crippen MR) is 97.7 cm³/mol. The van der Waals surface area contributed by atoms with Crippen LogP contribution in [-0.2, 0) is 0 Å². The highest BCUT2D eigenvalue weighted by Gasteiger charge is 2.16. The van der Waals surface area contributed by atoms with E-state index in [0.29, 0.717) is 11.5 Å². The fourth-order valence-corrected chi connectivity index (χ4v) is 2.94. The zero-order valence-corrected chi connectivity index (χ0v) is 14.3. The third-order valence-corrected chi connectivity index (χ3v) is 4.13. The van der Waals surface area contributed by atoms with E-state index >= 15 is 0 Å². The van der Waals surface area contributed by atoms with Gasteiger partial charge in [0.05, 0.1) is 5.69 Å². The molecule has 0 aliphatic carbocycles. The van der Waals surface area contributed by atoms with E-state index in [0.717, 1.165) is 21.7 Å². The number of nitrogens with zero attached hydrogens (tertiary/aromatic N) is 2. The van der Waals surface area contributed by atoms with Crippen molar-refractivity contribution in [2.75, 3.05) is 5.73 Å². The Hall–Kier alpha value is -2.25. The van der Waals surface area contributed by atoms with Gasteiger partial charge in [0.1, 0.15) is 5.03 Å². The normalized spacial score (nSPS) is 12.3. The number of nitrogens with two attached hydrogens (primary N) is 3. The molecule has 7 N–H and O–H groups in total. The highest BCUT2D eigenvalue weighted by atomic mass is 32.2. The molecule has 0 aliphatic rings. The molecule has 0 fully saturated rings. The van der Waals surface area contributed by atoms with E-state index in [2.05, 4.69) is 36.4 Å². The van der Waals surface area contributed by atoms with Gasteiger partial charge in [0.15, 0.2) is 5.84 Å². The number of rotatable bonds is 4. The molecule has 2 rings (SSSR count). The minimum atomic E-state index is 0.0461. The van der Waals surface area contributed by atoms with E-state index in [1.54, 1.807) is 18.0 Å². The van der Waals surface area contributed by atoms with Gasteiger partial charge in [0.25, 0.3) is 0 Å². The minimum absolute atomic E-state index is 0.0461. The zero-order valence-electron chi connectivity index (χ0n) is 13.5. The molecule has 0 unspecified atom stereocenters. The molecule has 1 aromatic heterocycles. The summed E-state index contributed by atoms with van der Waals surface area (Å²) in [6.45, 7) is 6.37. The summed E-state index contributed by atoms with van der Waals surface area (Å²) >= 11 is 1.64. The average Bonchev–Trinajstić information content (AvgIpc) is 2.48. The van der Waals surface area contributed by atoms with Crippen LogP contribution in [-0.4, -0.2) is 15.6 Å². The van der Waals surface area contributed by atoms with Gasteiger partial charge in [-0.25, -0.2) is 16.4 Å². The first kappa shape index (κ1) is 17.1. The summed E-state index contributed by atoms with van der Waals surface area (Å²) in [5.74, 6) is 5.51. The first-order chi connectivity index (χ1) is 10.8. The molecule has 0 aliphatic heterocycles. The molecule has 0 saturated carbocycles.